The van der Waals surface area contributed by atoms with Crippen LogP contribution in [0.4, 0.5) is 5.69 Å². The molecule has 2 N–H and O–H groups in total. The highest BCUT2D eigenvalue weighted by Crippen LogP contribution is 2.24. The smallest absolute Gasteiger partial charge is 0.371 e. The van der Waals surface area contributed by atoms with Crippen molar-refractivity contribution in [3.63, 3.8) is 0 Å². The Bertz CT molecular complexity index is 644. The molecule has 6 nitrogen and oxygen atoms in total. The quantitative estimate of drug-likeness (QED) is 0.883. The molecular weight excluding hydrogens is 274 g/mol. The van der Waals surface area contributed by atoms with Crippen molar-refractivity contribution in [3.8, 4) is 5.75 Å². The SMILES string of the molecule is CC(=O)Nc1ccc(OC(C)c2ccc(C(=O)O)o2)cc1. The van der Waals surface area contributed by atoms with Gasteiger partial charge in [-0.05, 0) is 43.3 Å². The minimum atomic E-state index is -1.12. The summed E-state index contributed by atoms with van der Waals surface area (Å²) in [4.78, 5) is 21.7. The second kappa shape index (κ2) is 6.13. The van der Waals surface area contributed by atoms with Crippen molar-refractivity contribution in [2.45, 2.75) is 20.0 Å². The van der Waals surface area contributed by atoms with Gasteiger partial charge in [-0.1, -0.05) is 0 Å². The molecule has 0 radical (unpaired) electrons. The summed E-state index contributed by atoms with van der Waals surface area (Å²) in [7, 11) is 0. The molecular formula is C15H15NO5. The summed E-state index contributed by atoms with van der Waals surface area (Å²) in [5.74, 6) is -0.369. The van der Waals surface area contributed by atoms with Crippen LogP contribution in [0.2, 0.25) is 0 Å². The fraction of sp³-hybridized carbons (Fsp3) is 0.200. The van der Waals surface area contributed by atoms with Crippen molar-refractivity contribution in [1.82, 2.24) is 0 Å². The number of anilines is 1. The molecule has 1 aromatic carbocycles. The van der Waals surface area contributed by atoms with Gasteiger partial charge >= 0.3 is 5.97 Å². The van der Waals surface area contributed by atoms with E-state index in [2.05, 4.69) is 5.32 Å². The van der Waals surface area contributed by atoms with Gasteiger partial charge in [0.2, 0.25) is 11.7 Å². The van der Waals surface area contributed by atoms with Crippen molar-refractivity contribution in [3.05, 3.63) is 47.9 Å². The normalized spacial score (nSPS) is 11.7. The van der Waals surface area contributed by atoms with Gasteiger partial charge in [0.05, 0.1) is 0 Å². The fourth-order valence-corrected chi connectivity index (χ4v) is 1.77. The van der Waals surface area contributed by atoms with E-state index in [-0.39, 0.29) is 11.7 Å². The molecule has 110 valence electrons. The molecule has 0 aliphatic rings. The average Bonchev–Trinajstić information content (AvgIpc) is 2.90. The van der Waals surface area contributed by atoms with E-state index >= 15 is 0 Å². The first-order chi connectivity index (χ1) is 9.95. The molecule has 0 aliphatic heterocycles. The number of carboxylic acid groups (broad SMARTS) is 1. The lowest BCUT2D eigenvalue weighted by atomic mass is 10.2. The molecule has 0 aliphatic carbocycles. The third kappa shape index (κ3) is 3.85. The van der Waals surface area contributed by atoms with E-state index in [1.54, 1.807) is 37.3 Å². The van der Waals surface area contributed by atoms with Gasteiger partial charge in [-0.2, -0.15) is 0 Å². The highest BCUT2D eigenvalue weighted by molar-refractivity contribution is 5.88. The monoisotopic (exact) mass is 289 g/mol. The molecule has 2 aromatic rings. The topological polar surface area (TPSA) is 88.8 Å². The molecule has 0 bridgehead atoms. The first-order valence-electron chi connectivity index (χ1n) is 6.33. The molecule has 1 heterocycles. The van der Waals surface area contributed by atoms with E-state index in [0.717, 1.165) is 0 Å². The number of amides is 1. The van der Waals surface area contributed by atoms with Crippen molar-refractivity contribution < 1.29 is 23.8 Å². The van der Waals surface area contributed by atoms with Gasteiger partial charge in [-0.15, -0.1) is 0 Å². The van der Waals surface area contributed by atoms with Crippen LogP contribution >= 0.6 is 0 Å². The summed E-state index contributed by atoms with van der Waals surface area (Å²) in [6, 6.07) is 9.81. The largest absolute Gasteiger partial charge is 0.483 e. The number of carbonyl (C=O) groups is 2. The van der Waals surface area contributed by atoms with Crippen LogP contribution in [0.5, 0.6) is 5.75 Å². The summed E-state index contributed by atoms with van der Waals surface area (Å²) in [5.41, 5.74) is 0.675. The zero-order valence-corrected chi connectivity index (χ0v) is 11.6. The maximum absolute atomic E-state index is 10.9. The van der Waals surface area contributed by atoms with E-state index in [1.807, 2.05) is 0 Å². The Morgan fingerprint density at radius 2 is 1.86 bits per heavy atom. The number of carboxylic acids is 1. The third-order valence-electron chi connectivity index (χ3n) is 2.73. The van der Waals surface area contributed by atoms with E-state index in [9.17, 15) is 9.59 Å². The number of nitrogens with one attached hydrogen (secondary N) is 1. The number of hydrogen-bond donors (Lipinski definition) is 2. The number of ether oxygens (including phenoxy) is 1. The van der Waals surface area contributed by atoms with Crippen LogP contribution in [0.3, 0.4) is 0 Å². The van der Waals surface area contributed by atoms with Gasteiger partial charge in [0, 0.05) is 12.6 Å². The minimum Gasteiger partial charge on any atom is -0.483 e. The molecule has 1 aromatic heterocycles. The van der Waals surface area contributed by atoms with Crippen LogP contribution < -0.4 is 10.1 Å². The Labute approximate surface area is 121 Å². The Morgan fingerprint density at radius 3 is 2.38 bits per heavy atom. The minimum absolute atomic E-state index is 0.124. The zero-order chi connectivity index (χ0) is 15.4. The highest BCUT2D eigenvalue weighted by Gasteiger charge is 2.15. The predicted octanol–water partition coefficient (Wildman–Crippen LogP) is 3.08. The standard InChI is InChI=1S/C15H15NO5/c1-9(13-7-8-14(21-13)15(18)19)20-12-5-3-11(4-6-12)16-10(2)17/h3-9H,1-2H3,(H,16,17)(H,18,19). The van der Waals surface area contributed by atoms with Crippen molar-refractivity contribution in [2.24, 2.45) is 0 Å². The molecule has 0 saturated carbocycles. The maximum Gasteiger partial charge on any atom is 0.371 e. The molecule has 0 spiro atoms. The summed E-state index contributed by atoms with van der Waals surface area (Å²) in [5, 5.41) is 11.5. The van der Waals surface area contributed by atoms with Crippen molar-refractivity contribution in [1.29, 1.82) is 0 Å². The Kier molecular flexibility index (Phi) is 4.27. The molecule has 21 heavy (non-hydrogen) atoms. The molecule has 2 rings (SSSR count). The van der Waals surface area contributed by atoms with Crippen LogP contribution in [0.1, 0.15) is 36.3 Å². The van der Waals surface area contributed by atoms with E-state index in [4.69, 9.17) is 14.3 Å². The number of benzene rings is 1. The maximum atomic E-state index is 10.9. The summed E-state index contributed by atoms with van der Waals surface area (Å²) in [6.07, 6.45) is -0.426. The van der Waals surface area contributed by atoms with Crippen molar-refractivity contribution in [2.75, 3.05) is 5.32 Å². The fourth-order valence-electron chi connectivity index (χ4n) is 1.77. The summed E-state index contributed by atoms with van der Waals surface area (Å²) < 4.78 is 10.8. The van der Waals surface area contributed by atoms with Crippen LogP contribution in [0.15, 0.2) is 40.8 Å². The second-order valence-electron chi connectivity index (χ2n) is 4.47. The molecule has 1 unspecified atom stereocenters. The van der Waals surface area contributed by atoms with Crippen LogP contribution in [-0.2, 0) is 4.79 Å². The van der Waals surface area contributed by atoms with Crippen LogP contribution in [-0.4, -0.2) is 17.0 Å². The van der Waals surface area contributed by atoms with Gasteiger partial charge in [0.1, 0.15) is 11.5 Å². The van der Waals surface area contributed by atoms with Crippen LogP contribution in [0, 0.1) is 0 Å². The predicted molar refractivity (Wildman–Crippen MR) is 75.5 cm³/mol. The molecule has 1 amide bonds. The number of rotatable bonds is 5. The lowest BCUT2D eigenvalue weighted by molar-refractivity contribution is -0.114. The molecule has 0 fully saturated rings. The number of carbonyl (C=O) groups excluding carboxylic acids is 1. The third-order valence-corrected chi connectivity index (χ3v) is 2.73. The Hall–Kier alpha value is -2.76. The van der Waals surface area contributed by atoms with Gasteiger partial charge in [0.25, 0.3) is 0 Å². The Balaban J connectivity index is 2.02. The average molecular weight is 289 g/mol. The second-order valence-corrected chi connectivity index (χ2v) is 4.47. The van der Waals surface area contributed by atoms with E-state index in [1.165, 1.54) is 13.0 Å². The lowest BCUT2D eigenvalue weighted by Crippen LogP contribution is -2.06. The number of furan rings is 1. The van der Waals surface area contributed by atoms with Gasteiger partial charge in [0.15, 0.2) is 6.10 Å². The highest BCUT2D eigenvalue weighted by atomic mass is 16.5. The number of hydrogen-bond acceptors (Lipinski definition) is 4. The van der Waals surface area contributed by atoms with Gasteiger partial charge in [-0.25, -0.2) is 4.79 Å². The first kappa shape index (κ1) is 14.6. The lowest BCUT2D eigenvalue weighted by Gasteiger charge is -2.12. The number of aromatic carboxylic acids is 1. The molecule has 0 saturated heterocycles. The summed E-state index contributed by atoms with van der Waals surface area (Å²) in [6.45, 7) is 3.19. The van der Waals surface area contributed by atoms with E-state index in [0.29, 0.717) is 17.2 Å². The van der Waals surface area contributed by atoms with Crippen LogP contribution in [0.25, 0.3) is 0 Å². The molecule has 1 atom stereocenters. The molecule has 6 heteroatoms. The Morgan fingerprint density at radius 1 is 1.19 bits per heavy atom. The zero-order valence-electron chi connectivity index (χ0n) is 11.6. The van der Waals surface area contributed by atoms with Gasteiger partial charge in [-0.3, -0.25) is 4.79 Å². The van der Waals surface area contributed by atoms with Gasteiger partial charge < -0.3 is 19.6 Å². The van der Waals surface area contributed by atoms with Crippen molar-refractivity contribution >= 4 is 17.6 Å². The summed E-state index contributed by atoms with van der Waals surface area (Å²) >= 11 is 0. The van der Waals surface area contributed by atoms with E-state index < -0.39 is 12.1 Å². The first-order valence-corrected chi connectivity index (χ1v) is 6.33.